The van der Waals surface area contributed by atoms with Gasteiger partial charge in [-0.25, -0.2) is 4.79 Å². The molecule has 0 unspecified atom stereocenters. The number of nitrogens with one attached hydrogen (secondary N) is 1. The summed E-state index contributed by atoms with van der Waals surface area (Å²) in [6.45, 7) is 2.95. The summed E-state index contributed by atoms with van der Waals surface area (Å²) in [5.41, 5.74) is 0. The number of carboxylic acids is 1. The van der Waals surface area contributed by atoms with Crippen molar-refractivity contribution in [2.24, 2.45) is 0 Å². The number of ether oxygens (including phenoxy) is 2. The first-order valence-corrected chi connectivity index (χ1v) is 7.73. The molecule has 150 valence electrons. The van der Waals surface area contributed by atoms with Gasteiger partial charge in [-0.3, -0.25) is 14.5 Å². The maximum absolute atomic E-state index is 11.8. The van der Waals surface area contributed by atoms with Crippen LogP contribution in [0.3, 0.4) is 0 Å². The summed E-state index contributed by atoms with van der Waals surface area (Å²) in [5, 5.41) is 9.75. The third kappa shape index (κ3) is 6.42. The van der Waals surface area contributed by atoms with E-state index in [-0.39, 0.29) is 30.6 Å². The minimum absolute atomic E-state index is 0.000729. The Balaban J connectivity index is 0.000000412. The standard InChI is InChI=1S/C12H21N3O4.C2HF3O2/c1-13-11(16)7-14-3-4-19-10-6-15(5-9(10)14)12(17)8-18-2;3-2(4,5)1(6)7/h9-10H,3-8H2,1-2H3,(H,13,16);(H,6,7)/t9-,10+;/m1./s1. The Kier molecular flexibility index (Phi) is 8.24. The molecular weight excluding hydrogens is 363 g/mol. The average molecular weight is 385 g/mol. The molecule has 0 saturated carbocycles. The van der Waals surface area contributed by atoms with Crippen molar-refractivity contribution in [1.82, 2.24) is 15.1 Å². The van der Waals surface area contributed by atoms with Gasteiger partial charge < -0.3 is 24.8 Å². The minimum atomic E-state index is -5.08. The first-order chi connectivity index (χ1) is 12.1. The zero-order valence-electron chi connectivity index (χ0n) is 14.4. The predicted octanol–water partition coefficient (Wildman–Crippen LogP) is -1.08. The summed E-state index contributed by atoms with van der Waals surface area (Å²) in [6, 6.07) is 0.104. The van der Waals surface area contributed by atoms with Crippen LogP contribution in [0.4, 0.5) is 13.2 Å². The van der Waals surface area contributed by atoms with Crippen LogP contribution in [0.2, 0.25) is 0 Å². The van der Waals surface area contributed by atoms with E-state index < -0.39 is 12.1 Å². The lowest BCUT2D eigenvalue weighted by Crippen LogP contribution is -2.53. The Labute approximate surface area is 148 Å². The number of nitrogens with zero attached hydrogens (tertiary/aromatic N) is 2. The number of alkyl halides is 3. The Hall–Kier alpha value is -1.92. The number of methoxy groups -OCH3 is 1. The van der Waals surface area contributed by atoms with Gasteiger partial charge in [-0.1, -0.05) is 0 Å². The van der Waals surface area contributed by atoms with Gasteiger partial charge in [-0.15, -0.1) is 0 Å². The van der Waals surface area contributed by atoms with Crippen LogP contribution in [0.15, 0.2) is 0 Å². The van der Waals surface area contributed by atoms with E-state index in [2.05, 4.69) is 10.2 Å². The van der Waals surface area contributed by atoms with Gasteiger partial charge in [0.25, 0.3) is 0 Å². The number of amides is 2. The topological polar surface area (TPSA) is 108 Å². The molecule has 0 aromatic rings. The Bertz CT molecular complexity index is 517. The molecule has 26 heavy (non-hydrogen) atoms. The van der Waals surface area contributed by atoms with Crippen LogP contribution < -0.4 is 5.32 Å². The van der Waals surface area contributed by atoms with Crippen molar-refractivity contribution in [3.8, 4) is 0 Å². The molecule has 2 N–H and O–H groups in total. The van der Waals surface area contributed by atoms with Crippen LogP contribution >= 0.6 is 0 Å². The van der Waals surface area contributed by atoms with Crippen molar-refractivity contribution in [2.45, 2.75) is 18.3 Å². The van der Waals surface area contributed by atoms with Gasteiger partial charge >= 0.3 is 12.1 Å². The molecule has 0 aliphatic carbocycles. The van der Waals surface area contributed by atoms with Crippen LogP contribution in [0.25, 0.3) is 0 Å². The molecule has 2 saturated heterocycles. The van der Waals surface area contributed by atoms with Crippen molar-refractivity contribution in [2.75, 3.05) is 53.6 Å². The highest BCUT2D eigenvalue weighted by Gasteiger charge is 2.42. The van der Waals surface area contributed by atoms with Crippen LogP contribution in [0, 0.1) is 0 Å². The number of hydrogen-bond donors (Lipinski definition) is 2. The largest absolute Gasteiger partial charge is 0.490 e. The Morgan fingerprint density at radius 1 is 1.31 bits per heavy atom. The zero-order valence-corrected chi connectivity index (χ0v) is 14.4. The maximum atomic E-state index is 11.8. The molecular formula is C14H22F3N3O6. The van der Waals surface area contributed by atoms with Crippen LogP contribution in [0.5, 0.6) is 0 Å². The molecule has 0 aromatic carbocycles. The highest BCUT2D eigenvalue weighted by Crippen LogP contribution is 2.22. The smallest absolute Gasteiger partial charge is 0.475 e. The number of carboxylic acid groups (broad SMARTS) is 1. The molecule has 0 radical (unpaired) electrons. The van der Waals surface area contributed by atoms with E-state index in [1.54, 1.807) is 11.9 Å². The average Bonchev–Trinajstić information content (AvgIpc) is 3.00. The fourth-order valence-electron chi connectivity index (χ4n) is 2.64. The number of rotatable bonds is 4. The van der Waals surface area contributed by atoms with Gasteiger partial charge in [0.1, 0.15) is 6.61 Å². The minimum Gasteiger partial charge on any atom is -0.475 e. The number of halogens is 3. The summed E-state index contributed by atoms with van der Waals surface area (Å²) < 4.78 is 42.3. The summed E-state index contributed by atoms with van der Waals surface area (Å²) in [6.07, 6.45) is -5.08. The second-order valence-corrected chi connectivity index (χ2v) is 5.65. The Morgan fingerprint density at radius 2 is 1.92 bits per heavy atom. The number of aliphatic carboxylic acids is 1. The second-order valence-electron chi connectivity index (χ2n) is 5.65. The monoisotopic (exact) mass is 385 g/mol. The summed E-state index contributed by atoms with van der Waals surface area (Å²) in [4.78, 5) is 36.1. The number of hydrogen-bond acceptors (Lipinski definition) is 6. The lowest BCUT2D eigenvalue weighted by atomic mass is 10.1. The second kappa shape index (κ2) is 9.69. The fraction of sp³-hybridized carbons (Fsp3) is 0.786. The van der Waals surface area contributed by atoms with Crippen LogP contribution in [-0.4, -0.2) is 105 Å². The highest BCUT2D eigenvalue weighted by molar-refractivity contribution is 5.78. The number of morpholine rings is 1. The lowest BCUT2D eigenvalue weighted by molar-refractivity contribution is -0.192. The number of likely N-dealkylation sites (tertiary alicyclic amines) is 1. The fourth-order valence-corrected chi connectivity index (χ4v) is 2.64. The molecule has 0 aromatic heterocycles. The molecule has 2 rings (SSSR count). The van der Waals surface area contributed by atoms with Gasteiger partial charge in [-0.05, 0) is 0 Å². The van der Waals surface area contributed by atoms with Gasteiger partial charge in [-0.2, -0.15) is 13.2 Å². The SMILES string of the molecule is CNC(=O)CN1CCO[C@H]2CN(C(=O)COC)C[C@H]21.O=C(O)C(F)(F)F. The lowest BCUT2D eigenvalue weighted by Gasteiger charge is -2.35. The van der Waals surface area contributed by atoms with Gasteiger partial charge in [0.15, 0.2) is 0 Å². The molecule has 2 fully saturated rings. The number of carbonyl (C=O) groups is 3. The van der Waals surface area contributed by atoms with Crippen molar-refractivity contribution in [3.63, 3.8) is 0 Å². The van der Waals surface area contributed by atoms with E-state index in [9.17, 15) is 22.8 Å². The molecule has 9 nitrogen and oxygen atoms in total. The maximum Gasteiger partial charge on any atom is 0.490 e. The first-order valence-electron chi connectivity index (χ1n) is 7.73. The quantitative estimate of drug-likeness (QED) is 0.634. The molecule has 0 spiro atoms. The summed E-state index contributed by atoms with van der Waals surface area (Å²) >= 11 is 0. The molecule has 2 atom stereocenters. The van der Waals surface area contributed by atoms with E-state index >= 15 is 0 Å². The van der Waals surface area contributed by atoms with Crippen molar-refractivity contribution < 1.29 is 42.1 Å². The molecule has 2 aliphatic heterocycles. The third-order valence-electron chi connectivity index (χ3n) is 3.90. The van der Waals surface area contributed by atoms with E-state index in [0.29, 0.717) is 26.2 Å². The van der Waals surface area contributed by atoms with E-state index in [1.807, 2.05) is 0 Å². The number of fused-ring (bicyclic) bond motifs is 1. The van der Waals surface area contributed by atoms with Gasteiger partial charge in [0.05, 0.1) is 25.3 Å². The highest BCUT2D eigenvalue weighted by atomic mass is 19.4. The number of likely N-dealkylation sites (N-methyl/N-ethyl adjacent to an activating group) is 1. The van der Waals surface area contributed by atoms with Crippen molar-refractivity contribution in [1.29, 1.82) is 0 Å². The van der Waals surface area contributed by atoms with Crippen LogP contribution in [-0.2, 0) is 23.9 Å². The summed E-state index contributed by atoms with van der Waals surface area (Å²) in [5.74, 6) is -2.80. The molecule has 2 amide bonds. The molecule has 2 aliphatic rings. The third-order valence-corrected chi connectivity index (χ3v) is 3.90. The van der Waals surface area contributed by atoms with Crippen molar-refractivity contribution in [3.05, 3.63) is 0 Å². The molecule has 2 heterocycles. The van der Waals surface area contributed by atoms with Gasteiger partial charge in [0, 0.05) is 33.8 Å². The summed E-state index contributed by atoms with van der Waals surface area (Å²) in [7, 11) is 3.14. The van der Waals surface area contributed by atoms with E-state index in [4.69, 9.17) is 19.4 Å². The first kappa shape index (κ1) is 22.1. The van der Waals surface area contributed by atoms with E-state index in [0.717, 1.165) is 6.54 Å². The zero-order chi connectivity index (χ0) is 19.9. The Morgan fingerprint density at radius 3 is 2.42 bits per heavy atom. The van der Waals surface area contributed by atoms with E-state index in [1.165, 1.54) is 7.11 Å². The van der Waals surface area contributed by atoms with Crippen molar-refractivity contribution >= 4 is 17.8 Å². The van der Waals surface area contributed by atoms with Gasteiger partial charge in [0.2, 0.25) is 11.8 Å². The predicted molar refractivity (Wildman–Crippen MR) is 81.3 cm³/mol. The normalized spacial score (nSPS) is 22.9. The molecule has 12 heteroatoms. The molecule has 0 bridgehead atoms. The number of carbonyl (C=O) groups excluding carboxylic acids is 2. The van der Waals surface area contributed by atoms with Crippen LogP contribution in [0.1, 0.15) is 0 Å².